The summed E-state index contributed by atoms with van der Waals surface area (Å²) in [6.07, 6.45) is 1.08. The molecule has 0 saturated heterocycles. The molecule has 0 aromatic heterocycles. The summed E-state index contributed by atoms with van der Waals surface area (Å²) >= 11 is 0. The van der Waals surface area contributed by atoms with Gasteiger partial charge in [-0.15, -0.1) is 0 Å². The van der Waals surface area contributed by atoms with E-state index < -0.39 is 28.5 Å². The fourth-order valence-corrected chi connectivity index (χ4v) is 4.63. The highest BCUT2D eigenvalue weighted by atomic mass is 32.2. The smallest absolute Gasteiger partial charge is 0.244 e. The Balaban J connectivity index is 2.38. The molecule has 1 N–H and O–H groups in total. The molecule has 0 aliphatic rings. The van der Waals surface area contributed by atoms with Crippen molar-refractivity contribution in [3.8, 4) is 0 Å². The lowest BCUT2D eigenvalue weighted by Crippen LogP contribution is -2.51. The number of nitrogens with one attached hydrogen (secondary N) is 1. The lowest BCUT2D eigenvalue weighted by atomic mass is 9.87. The number of rotatable bonds is 10. The fourth-order valence-electron chi connectivity index (χ4n) is 3.78. The van der Waals surface area contributed by atoms with Crippen molar-refractivity contribution in [3.05, 3.63) is 65.2 Å². The van der Waals surface area contributed by atoms with Gasteiger partial charge in [-0.2, -0.15) is 0 Å². The van der Waals surface area contributed by atoms with E-state index in [-0.39, 0.29) is 23.8 Å². The number of hydrogen-bond donors (Lipinski definition) is 1. The molecule has 0 unspecified atom stereocenters. The summed E-state index contributed by atoms with van der Waals surface area (Å²) in [5.74, 6) is -0.460. The zero-order chi connectivity index (χ0) is 27.3. The first-order chi connectivity index (χ1) is 16.6. The molecule has 0 aliphatic heterocycles. The van der Waals surface area contributed by atoms with E-state index in [1.165, 1.54) is 4.90 Å². The van der Waals surface area contributed by atoms with Gasteiger partial charge in [-0.1, -0.05) is 76.6 Å². The van der Waals surface area contributed by atoms with Gasteiger partial charge in [-0.05, 0) is 48.4 Å². The van der Waals surface area contributed by atoms with Crippen LogP contribution in [0.1, 0.15) is 58.2 Å². The lowest BCUT2D eigenvalue weighted by molar-refractivity contribution is -0.139. The first-order valence-electron chi connectivity index (χ1n) is 12.3. The van der Waals surface area contributed by atoms with Gasteiger partial charge < -0.3 is 10.2 Å². The Bertz CT molecular complexity index is 1150. The molecule has 1 atom stereocenters. The van der Waals surface area contributed by atoms with Crippen molar-refractivity contribution in [2.24, 2.45) is 5.92 Å². The van der Waals surface area contributed by atoms with E-state index in [1.807, 2.05) is 57.2 Å². The molecule has 0 aliphatic carbocycles. The van der Waals surface area contributed by atoms with Crippen LogP contribution in [0.2, 0.25) is 0 Å². The van der Waals surface area contributed by atoms with Crippen LogP contribution in [-0.4, -0.2) is 50.5 Å². The molecule has 0 spiro atoms. The zero-order valence-corrected chi connectivity index (χ0v) is 23.6. The van der Waals surface area contributed by atoms with Crippen LogP contribution in [0.4, 0.5) is 5.69 Å². The maximum atomic E-state index is 13.6. The normalized spacial score (nSPS) is 12.8. The topological polar surface area (TPSA) is 86.8 Å². The van der Waals surface area contributed by atoms with Gasteiger partial charge >= 0.3 is 0 Å². The van der Waals surface area contributed by atoms with E-state index in [4.69, 9.17) is 0 Å². The average Bonchev–Trinajstić information content (AvgIpc) is 2.77. The zero-order valence-electron chi connectivity index (χ0n) is 22.8. The van der Waals surface area contributed by atoms with Crippen LogP contribution in [0.25, 0.3) is 0 Å². The summed E-state index contributed by atoms with van der Waals surface area (Å²) in [4.78, 5) is 28.0. The van der Waals surface area contributed by atoms with Crippen LogP contribution < -0.4 is 9.62 Å². The van der Waals surface area contributed by atoms with Crippen molar-refractivity contribution in [2.75, 3.05) is 23.7 Å². The first-order valence-corrected chi connectivity index (χ1v) is 14.2. The van der Waals surface area contributed by atoms with Gasteiger partial charge in [0, 0.05) is 13.1 Å². The fraction of sp³-hybridized carbons (Fsp3) is 0.500. The molecular formula is C28H41N3O4S. The summed E-state index contributed by atoms with van der Waals surface area (Å²) in [6, 6.07) is 14.1. The molecule has 2 amide bonds. The number of amides is 2. The van der Waals surface area contributed by atoms with E-state index in [0.717, 1.165) is 27.3 Å². The second-order valence-electron chi connectivity index (χ2n) is 10.9. The number of carbonyl (C=O) groups excluding carboxylic acids is 2. The maximum absolute atomic E-state index is 13.6. The summed E-state index contributed by atoms with van der Waals surface area (Å²) in [5.41, 5.74) is 3.28. The Kier molecular flexibility index (Phi) is 9.71. The SMILES string of the molecule is Cc1cccc(CN(C(=O)CN(c2ccc(C(C)(C)C)cc2)S(C)(=O)=O)[C@@H](C)C(=O)NCC(C)C)c1. The van der Waals surface area contributed by atoms with Gasteiger partial charge in [-0.3, -0.25) is 13.9 Å². The molecule has 2 aromatic carbocycles. The Morgan fingerprint density at radius 1 is 1.00 bits per heavy atom. The van der Waals surface area contributed by atoms with Crippen LogP contribution in [0, 0.1) is 12.8 Å². The average molecular weight is 516 g/mol. The largest absolute Gasteiger partial charge is 0.354 e. The molecule has 198 valence electrons. The van der Waals surface area contributed by atoms with Crippen LogP contribution in [-0.2, 0) is 31.6 Å². The van der Waals surface area contributed by atoms with Crippen LogP contribution in [0.5, 0.6) is 0 Å². The third kappa shape index (κ3) is 8.36. The van der Waals surface area contributed by atoms with E-state index in [2.05, 4.69) is 26.1 Å². The Hall–Kier alpha value is -2.87. The molecule has 0 heterocycles. The number of aryl methyl sites for hydroxylation is 1. The number of hydrogen-bond acceptors (Lipinski definition) is 4. The molecular weight excluding hydrogens is 474 g/mol. The number of sulfonamides is 1. The monoisotopic (exact) mass is 515 g/mol. The van der Waals surface area contributed by atoms with E-state index in [1.54, 1.807) is 19.1 Å². The number of anilines is 1. The minimum Gasteiger partial charge on any atom is -0.354 e. The predicted octanol–water partition coefficient (Wildman–Crippen LogP) is 4.25. The molecule has 7 nitrogen and oxygen atoms in total. The van der Waals surface area contributed by atoms with E-state index in [9.17, 15) is 18.0 Å². The summed E-state index contributed by atoms with van der Waals surface area (Å²) in [6.45, 7) is 14.1. The highest BCUT2D eigenvalue weighted by Crippen LogP contribution is 2.26. The number of benzene rings is 2. The van der Waals surface area contributed by atoms with Crippen molar-refractivity contribution in [3.63, 3.8) is 0 Å². The minimum atomic E-state index is -3.76. The standard InChI is InChI=1S/C28H41N3O4S/c1-20(2)17-29-27(33)22(4)30(18-23-11-9-10-21(3)16-23)26(32)19-31(36(8,34)35)25-14-12-24(13-15-25)28(5,6)7/h9-16,20,22H,17-19H2,1-8H3,(H,29,33)/t22-/m0/s1. The third-order valence-electron chi connectivity index (χ3n) is 5.99. The maximum Gasteiger partial charge on any atom is 0.244 e. The second kappa shape index (κ2) is 11.9. The quantitative estimate of drug-likeness (QED) is 0.513. The molecule has 0 fully saturated rings. The first kappa shape index (κ1) is 29.4. The summed E-state index contributed by atoms with van der Waals surface area (Å²) < 4.78 is 26.6. The minimum absolute atomic E-state index is 0.0896. The van der Waals surface area contributed by atoms with Crippen molar-refractivity contribution >= 4 is 27.5 Å². The number of carbonyl (C=O) groups is 2. The highest BCUT2D eigenvalue weighted by Gasteiger charge is 2.30. The number of nitrogens with zero attached hydrogens (tertiary/aromatic N) is 2. The molecule has 0 saturated carbocycles. The molecule has 2 aromatic rings. The van der Waals surface area contributed by atoms with Gasteiger partial charge in [0.15, 0.2) is 0 Å². The Morgan fingerprint density at radius 3 is 2.11 bits per heavy atom. The summed E-state index contributed by atoms with van der Waals surface area (Å²) in [7, 11) is -3.76. The molecule has 36 heavy (non-hydrogen) atoms. The molecule has 0 radical (unpaired) electrons. The third-order valence-corrected chi connectivity index (χ3v) is 7.13. The van der Waals surface area contributed by atoms with E-state index >= 15 is 0 Å². The van der Waals surface area contributed by atoms with Gasteiger partial charge in [-0.25, -0.2) is 8.42 Å². The highest BCUT2D eigenvalue weighted by molar-refractivity contribution is 7.92. The Labute approximate surface area is 216 Å². The van der Waals surface area contributed by atoms with Crippen LogP contribution >= 0.6 is 0 Å². The van der Waals surface area contributed by atoms with Crippen molar-refractivity contribution in [2.45, 2.75) is 66.5 Å². The van der Waals surface area contributed by atoms with Crippen molar-refractivity contribution in [1.82, 2.24) is 10.2 Å². The van der Waals surface area contributed by atoms with Crippen molar-refractivity contribution in [1.29, 1.82) is 0 Å². The summed E-state index contributed by atoms with van der Waals surface area (Å²) in [5, 5.41) is 2.89. The van der Waals surface area contributed by atoms with Crippen LogP contribution in [0.15, 0.2) is 48.5 Å². The van der Waals surface area contributed by atoms with Crippen LogP contribution in [0.3, 0.4) is 0 Å². The van der Waals surface area contributed by atoms with Gasteiger partial charge in [0.1, 0.15) is 12.6 Å². The molecule has 8 heteroatoms. The van der Waals surface area contributed by atoms with Gasteiger partial charge in [0.25, 0.3) is 0 Å². The Morgan fingerprint density at radius 2 is 1.61 bits per heavy atom. The van der Waals surface area contributed by atoms with Gasteiger partial charge in [0.05, 0.1) is 11.9 Å². The predicted molar refractivity (Wildman–Crippen MR) is 146 cm³/mol. The molecule has 0 bridgehead atoms. The van der Waals surface area contributed by atoms with E-state index in [0.29, 0.717) is 12.2 Å². The lowest BCUT2D eigenvalue weighted by Gasteiger charge is -2.32. The molecule has 2 rings (SSSR count). The van der Waals surface area contributed by atoms with Gasteiger partial charge in [0.2, 0.25) is 21.8 Å². The van der Waals surface area contributed by atoms with Crippen molar-refractivity contribution < 1.29 is 18.0 Å². The second-order valence-corrected chi connectivity index (χ2v) is 12.8.